The van der Waals surface area contributed by atoms with E-state index in [1.165, 1.54) is 19.6 Å². The number of hydrogen-bond donors (Lipinski definition) is 0. The van der Waals surface area contributed by atoms with Gasteiger partial charge in [0.15, 0.2) is 0 Å². The van der Waals surface area contributed by atoms with Gasteiger partial charge in [-0.25, -0.2) is 0 Å². The first-order valence-corrected chi connectivity index (χ1v) is 6.83. The molecule has 1 heterocycles. The van der Waals surface area contributed by atoms with Gasteiger partial charge in [-0.1, -0.05) is 27.7 Å². The minimum absolute atomic E-state index is 0.312. The smallest absolute Gasteiger partial charge is 0.0285 e. The summed E-state index contributed by atoms with van der Waals surface area (Å²) in [4.78, 5) is 5.19. The SMILES string of the molecule is CC.CCN1CC(C)(C)N(CC)C(C)(C)C1. The molecule has 0 radical (unpaired) electrons. The molecular formula is C14H32N2. The lowest BCUT2D eigenvalue weighted by atomic mass is 9.88. The molecule has 98 valence electrons. The van der Waals surface area contributed by atoms with Crippen LogP contribution < -0.4 is 0 Å². The highest BCUT2D eigenvalue weighted by Crippen LogP contribution is 2.31. The lowest BCUT2D eigenvalue weighted by Crippen LogP contribution is -2.68. The molecule has 0 saturated carbocycles. The maximum absolute atomic E-state index is 2.63. The van der Waals surface area contributed by atoms with Gasteiger partial charge in [0, 0.05) is 24.2 Å². The van der Waals surface area contributed by atoms with Crippen molar-refractivity contribution < 1.29 is 0 Å². The molecule has 1 fully saturated rings. The van der Waals surface area contributed by atoms with Crippen LogP contribution in [0.2, 0.25) is 0 Å². The maximum atomic E-state index is 2.63. The van der Waals surface area contributed by atoms with Crippen molar-refractivity contribution in [3.63, 3.8) is 0 Å². The van der Waals surface area contributed by atoms with E-state index in [1.807, 2.05) is 13.8 Å². The Kier molecular flexibility index (Phi) is 5.99. The number of likely N-dealkylation sites (N-methyl/N-ethyl adjacent to an activating group) is 2. The van der Waals surface area contributed by atoms with Crippen LogP contribution in [-0.2, 0) is 0 Å². The molecule has 0 aromatic heterocycles. The van der Waals surface area contributed by atoms with Gasteiger partial charge in [0.2, 0.25) is 0 Å². The van der Waals surface area contributed by atoms with Crippen LogP contribution in [0.3, 0.4) is 0 Å². The molecule has 0 aromatic rings. The Bertz CT molecular complexity index is 179. The van der Waals surface area contributed by atoms with E-state index < -0.39 is 0 Å². The number of nitrogens with zero attached hydrogens (tertiary/aromatic N) is 2. The van der Waals surface area contributed by atoms with E-state index in [1.54, 1.807) is 0 Å². The van der Waals surface area contributed by atoms with Crippen molar-refractivity contribution in [2.24, 2.45) is 0 Å². The summed E-state index contributed by atoms with van der Waals surface area (Å²) in [6.45, 7) is 22.7. The monoisotopic (exact) mass is 228 g/mol. The Balaban J connectivity index is 0.00000106. The van der Waals surface area contributed by atoms with Crippen LogP contribution in [0.4, 0.5) is 0 Å². The second-order valence-electron chi connectivity index (χ2n) is 5.67. The molecule has 16 heavy (non-hydrogen) atoms. The minimum Gasteiger partial charge on any atom is -0.300 e. The quantitative estimate of drug-likeness (QED) is 0.716. The highest BCUT2D eigenvalue weighted by atomic mass is 15.3. The number of piperazine rings is 1. The Hall–Kier alpha value is -0.0800. The molecule has 1 aliphatic rings. The van der Waals surface area contributed by atoms with E-state index in [0.29, 0.717) is 11.1 Å². The van der Waals surface area contributed by atoms with E-state index >= 15 is 0 Å². The van der Waals surface area contributed by atoms with Gasteiger partial charge >= 0.3 is 0 Å². The van der Waals surface area contributed by atoms with Crippen molar-refractivity contribution in [2.45, 2.75) is 66.5 Å². The fourth-order valence-corrected chi connectivity index (χ4v) is 3.22. The molecule has 0 bridgehead atoms. The Labute approximate surface area is 103 Å². The third-order valence-electron chi connectivity index (χ3n) is 3.45. The average molecular weight is 228 g/mol. The summed E-state index contributed by atoms with van der Waals surface area (Å²) >= 11 is 0. The summed E-state index contributed by atoms with van der Waals surface area (Å²) < 4.78 is 0. The molecule has 0 aromatic carbocycles. The van der Waals surface area contributed by atoms with Crippen molar-refractivity contribution >= 4 is 0 Å². The van der Waals surface area contributed by atoms with Gasteiger partial charge in [-0.2, -0.15) is 0 Å². The summed E-state index contributed by atoms with van der Waals surface area (Å²) in [7, 11) is 0. The third kappa shape index (κ3) is 3.46. The van der Waals surface area contributed by atoms with Crippen LogP contribution in [0, 0.1) is 0 Å². The fourth-order valence-electron chi connectivity index (χ4n) is 3.22. The van der Waals surface area contributed by atoms with Crippen molar-refractivity contribution in [1.82, 2.24) is 9.80 Å². The van der Waals surface area contributed by atoms with Gasteiger partial charge < -0.3 is 0 Å². The minimum atomic E-state index is 0.312. The summed E-state index contributed by atoms with van der Waals surface area (Å²) in [6, 6.07) is 0. The third-order valence-corrected chi connectivity index (χ3v) is 3.45. The molecule has 0 N–H and O–H groups in total. The van der Waals surface area contributed by atoms with Gasteiger partial charge in [0.05, 0.1) is 0 Å². The topological polar surface area (TPSA) is 6.48 Å². The predicted molar refractivity (Wildman–Crippen MR) is 74.0 cm³/mol. The molecule has 1 saturated heterocycles. The zero-order chi connectivity index (χ0) is 13.0. The van der Waals surface area contributed by atoms with E-state index in [2.05, 4.69) is 51.3 Å². The second-order valence-corrected chi connectivity index (χ2v) is 5.67. The molecule has 0 aliphatic carbocycles. The van der Waals surface area contributed by atoms with E-state index in [9.17, 15) is 0 Å². The Morgan fingerprint density at radius 1 is 0.812 bits per heavy atom. The van der Waals surface area contributed by atoms with Crippen LogP contribution in [0.1, 0.15) is 55.4 Å². The van der Waals surface area contributed by atoms with E-state index in [4.69, 9.17) is 0 Å². The molecule has 0 spiro atoms. The van der Waals surface area contributed by atoms with Gasteiger partial charge in [-0.05, 0) is 40.8 Å². The summed E-state index contributed by atoms with van der Waals surface area (Å²) in [5.41, 5.74) is 0.624. The molecular weight excluding hydrogens is 196 g/mol. The van der Waals surface area contributed by atoms with Gasteiger partial charge in [0.1, 0.15) is 0 Å². The van der Waals surface area contributed by atoms with Gasteiger partial charge in [-0.3, -0.25) is 9.80 Å². The molecule has 2 heteroatoms. The first-order valence-electron chi connectivity index (χ1n) is 6.83. The van der Waals surface area contributed by atoms with Gasteiger partial charge in [0.25, 0.3) is 0 Å². The lowest BCUT2D eigenvalue weighted by molar-refractivity contribution is -0.0633. The van der Waals surface area contributed by atoms with Crippen LogP contribution in [0.5, 0.6) is 0 Å². The highest BCUT2D eigenvalue weighted by molar-refractivity contribution is 4.99. The van der Waals surface area contributed by atoms with E-state index in [0.717, 1.165) is 6.54 Å². The summed E-state index contributed by atoms with van der Waals surface area (Å²) in [5.74, 6) is 0. The van der Waals surface area contributed by atoms with Gasteiger partial charge in [-0.15, -0.1) is 0 Å². The summed E-state index contributed by atoms with van der Waals surface area (Å²) in [5, 5.41) is 0. The number of rotatable bonds is 2. The number of hydrogen-bond acceptors (Lipinski definition) is 2. The standard InChI is InChI=1S/C12H26N2.C2H6/c1-7-13-9-11(3,4)14(8-2)12(5,6)10-13;1-2/h7-10H2,1-6H3;1-2H3. The second kappa shape index (κ2) is 6.02. The molecule has 0 amide bonds. The van der Waals surface area contributed by atoms with Crippen molar-refractivity contribution in [3.05, 3.63) is 0 Å². The molecule has 1 rings (SSSR count). The van der Waals surface area contributed by atoms with Crippen LogP contribution in [0.15, 0.2) is 0 Å². The van der Waals surface area contributed by atoms with Crippen molar-refractivity contribution in [3.8, 4) is 0 Å². The predicted octanol–water partition coefficient (Wildman–Crippen LogP) is 3.23. The largest absolute Gasteiger partial charge is 0.300 e. The zero-order valence-corrected chi connectivity index (χ0v) is 12.7. The molecule has 0 unspecified atom stereocenters. The first kappa shape index (κ1) is 15.9. The molecule has 1 aliphatic heterocycles. The van der Waals surface area contributed by atoms with Crippen LogP contribution >= 0.6 is 0 Å². The fraction of sp³-hybridized carbons (Fsp3) is 1.00. The normalized spacial score (nSPS) is 24.8. The maximum Gasteiger partial charge on any atom is 0.0285 e. The summed E-state index contributed by atoms with van der Waals surface area (Å²) in [6.07, 6.45) is 0. The van der Waals surface area contributed by atoms with Crippen molar-refractivity contribution in [1.29, 1.82) is 0 Å². The highest BCUT2D eigenvalue weighted by Gasteiger charge is 2.42. The average Bonchev–Trinajstić information content (AvgIpc) is 2.17. The zero-order valence-electron chi connectivity index (χ0n) is 12.7. The van der Waals surface area contributed by atoms with E-state index in [-0.39, 0.29) is 0 Å². The molecule has 2 nitrogen and oxygen atoms in total. The lowest BCUT2D eigenvalue weighted by Gasteiger charge is -2.56. The Morgan fingerprint density at radius 2 is 1.19 bits per heavy atom. The van der Waals surface area contributed by atoms with Crippen LogP contribution in [-0.4, -0.2) is 47.1 Å². The Morgan fingerprint density at radius 3 is 1.44 bits per heavy atom. The first-order chi connectivity index (χ1) is 7.33. The van der Waals surface area contributed by atoms with Crippen molar-refractivity contribution in [2.75, 3.05) is 26.2 Å². The van der Waals surface area contributed by atoms with Crippen LogP contribution in [0.25, 0.3) is 0 Å². The molecule has 0 atom stereocenters.